The SMILES string of the molecule is CCOc1ccc(-c2cc(C(N)=O)c(C)[nH]2)cc1F. The second kappa shape index (κ2) is 5.14. The molecule has 0 aliphatic rings. The van der Waals surface area contributed by atoms with E-state index >= 15 is 0 Å². The van der Waals surface area contributed by atoms with Crippen LogP contribution in [0.1, 0.15) is 23.0 Å². The zero-order chi connectivity index (χ0) is 14.0. The van der Waals surface area contributed by atoms with E-state index in [0.717, 1.165) is 0 Å². The van der Waals surface area contributed by atoms with Gasteiger partial charge in [0.2, 0.25) is 0 Å². The lowest BCUT2D eigenvalue weighted by Gasteiger charge is -2.05. The minimum atomic E-state index is -0.508. The second-order valence-corrected chi connectivity index (χ2v) is 4.16. The molecule has 2 aromatic rings. The van der Waals surface area contributed by atoms with Crippen LogP contribution in [0.4, 0.5) is 4.39 Å². The molecule has 2 rings (SSSR count). The van der Waals surface area contributed by atoms with Crippen LogP contribution in [0, 0.1) is 12.7 Å². The van der Waals surface area contributed by atoms with Crippen LogP contribution in [-0.4, -0.2) is 17.5 Å². The van der Waals surface area contributed by atoms with Gasteiger partial charge in [-0.15, -0.1) is 0 Å². The van der Waals surface area contributed by atoms with Crippen LogP contribution in [0.15, 0.2) is 24.3 Å². The van der Waals surface area contributed by atoms with Crippen molar-refractivity contribution in [2.75, 3.05) is 6.61 Å². The number of benzene rings is 1. The van der Waals surface area contributed by atoms with Gasteiger partial charge in [-0.25, -0.2) is 4.39 Å². The fourth-order valence-electron chi connectivity index (χ4n) is 1.91. The van der Waals surface area contributed by atoms with E-state index in [1.807, 2.05) is 0 Å². The Hall–Kier alpha value is -2.30. The Morgan fingerprint density at radius 1 is 1.42 bits per heavy atom. The highest BCUT2D eigenvalue weighted by molar-refractivity contribution is 5.95. The highest BCUT2D eigenvalue weighted by Crippen LogP contribution is 2.26. The van der Waals surface area contributed by atoms with Crippen molar-refractivity contribution >= 4 is 5.91 Å². The lowest BCUT2D eigenvalue weighted by molar-refractivity contribution is 0.1000. The molecule has 19 heavy (non-hydrogen) atoms. The number of aromatic nitrogens is 1. The molecule has 1 amide bonds. The van der Waals surface area contributed by atoms with Crippen molar-refractivity contribution in [3.8, 4) is 17.0 Å². The topological polar surface area (TPSA) is 68.1 Å². The fourth-order valence-corrected chi connectivity index (χ4v) is 1.91. The van der Waals surface area contributed by atoms with E-state index in [4.69, 9.17) is 10.5 Å². The number of nitrogens with one attached hydrogen (secondary N) is 1. The predicted octanol–water partition coefficient (Wildman–Crippen LogP) is 2.63. The number of carbonyl (C=O) groups is 1. The smallest absolute Gasteiger partial charge is 0.250 e. The summed E-state index contributed by atoms with van der Waals surface area (Å²) in [6.45, 7) is 3.94. The average molecular weight is 262 g/mol. The molecule has 0 spiro atoms. The lowest BCUT2D eigenvalue weighted by atomic mass is 10.1. The van der Waals surface area contributed by atoms with Gasteiger partial charge in [0.1, 0.15) is 0 Å². The minimum Gasteiger partial charge on any atom is -0.491 e. The lowest BCUT2D eigenvalue weighted by Crippen LogP contribution is -2.10. The monoisotopic (exact) mass is 262 g/mol. The van der Waals surface area contributed by atoms with Gasteiger partial charge < -0.3 is 15.5 Å². The van der Waals surface area contributed by atoms with E-state index in [-0.39, 0.29) is 5.75 Å². The number of rotatable bonds is 4. The molecular weight excluding hydrogens is 247 g/mol. The molecular formula is C14H15FN2O2. The molecule has 4 nitrogen and oxygen atoms in total. The summed E-state index contributed by atoms with van der Waals surface area (Å²) in [6.07, 6.45) is 0. The minimum absolute atomic E-state index is 0.213. The molecule has 0 saturated carbocycles. The highest BCUT2D eigenvalue weighted by Gasteiger charge is 2.12. The van der Waals surface area contributed by atoms with Gasteiger partial charge in [-0.1, -0.05) is 0 Å². The molecule has 0 atom stereocenters. The van der Waals surface area contributed by atoms with Crippen molar-refractivity contribution in [3.05, 3.63) is 41.3 Å². The Bertz CT molecular complexity index is 620. The van der Waals surface area contributed by atoms with Gasteiger partial charge in [-0.05, 0) is 38.1 Å². The summed E-state index contributed by atoms with van der Waals surface area (Å²) in [5.41, 5.74) is 7.60. The summed E-state index contributed by atoms with van der Waals surface area (Å²) in [4.78, 5) is 14.2. The molecule has 0 fully saturated rings. The summed E-state index contributed by atoms with van der Waals surface area (Å²) in [6, 6.07) is 6.27. The Kier molecular flexibility index (Phi) is 3.55. The van der Waals surface area contributed by atoms with Crippen molar-refractivity contribution in [2.24, 2.45) is 5.73 Å². The first kappa shape index (κ1) is 13.1. The number of nitrogens with two attached hydrogens (primary N) is 1. The first-order valence-electron chi connectivity index (χ1n) is 5.95. The van der Waals surface area contributed by atoms with Crippen molar-refractivity contribution in [1.82, 2.24) is 4.98 Å². The predicted molar refractivity (Wildman–Crippen MR) is 70.6 cm³/mol. The molecule has 0 radical (unpaired) electrons. The van der Waals surface area contributed by atoms with Crippen molar-refractivity contribution in [3.63, 3.8) is 0 Å². The number of aryl methyl sites for hydroxylation is 1. The van der Waals surface area contributed by atoms with Crippen LogP contribution >= 0.6 is 0 Å². The van der Waals surface area contributed by atoms with Crippen LogP contribution in [0.5, 0.6) is 5.75 Å². The summed E-state index contributed by atoms with van der Waals surface area (Å²) in [5, 5.41) is 0. The second-order valence-electron chi connectivity index (χ2n) is 4.16. The van der Waals surface area contributed by atoms with Crippen molar-refractivity contribution in [2.45, 2.75) is 13.8 Å². The number of amides is 1. The normalized spacial score (nSPS) is 10.5. The molecule has 1 aromatic carbocycles. The summed E-state index contributed by atoms with van der Waals surface area (Å²) < 4.78 is 18.9. The number of H-pyrrole nitrogens is 1. The zero-order valence-electron chi connectivity index (χ0n) is 10.8. The van der Waals surface area contributed by atoms with Gasteiger partial charge in [0.15, 0.2) is 11.6 Å². The maximum absolute atomic E-state index is 13.8. The van der Waals surface area contributed by atoms with E-state index in [2.05, 4.69) is 4.98 Å². The maximum Gasteiger partial charge on any atom is 0.250 e. The van der Waals surface area contributed by atoms with E-state index in [0.29, 0.717) is 29.1 Å². The van der Waals surface area contributed by atoms with Crippen LogP contribution < -0.4 is 10.5 Å². The van der Waals surface area contributed by atoms with Crippen LogP contribution in [-0.2, 0) is 0 Å². The van der Waals surface area contributed by atoms with E-state index in [1.165, 1.54) is 6.07 Å². The largest absolute Gasteiger partial charge is 0.491 e. The number of carbonyl (C=O) groups excluding carboxylic acids is 1. The molecule has 0 aliphatic heterocycles. The number of halogens is 1. The molecule has 100 valence electrons. The number of primary amides is 1. The van der Waals surface area contributed by atoms with E-state index in [1.54, 1.807) is 32.0 Å². The zero-order valence-corrected chi connectivity index (χ0v) is 10.8. The maximum atomic E-state index is 13.8. The number of hydrogen-bond donors (Lipinski definition) is 2. The molecule has 0 aliphatic carbocycles. The van der Waals surface area contributed by atoms with Gasteiger partial charge in [0.25, 0.3) is 5.91 Å². The van der Waals surface area contributed by atoms with Crippen LogP contribution in [0.3, 0.4) is 0 Å². The first-order chi connectivity index (χ1) is 9.02. The molecule has 1 heterocycles. The third-order valence-corrected chi connectivity index (χ3v) is 2.82. The number of aromatic amines is 1. The third kappa shape index (κ3) is 2.59. The molecule has 1 aromatic heterocycles. The van der Waals surface area contributed by atoms with Crippen LogP contribution in [0.2, 0.25) is 0 Å². The Morgan fingerprint density at radius 3 is 2.68 bits per heavy atom. The van der Waals surface area contributed by atoms with Gasteiger partial charge >= 0.3 is 0 Å². The van der Waals surface area contributed by atoms with Gasteiger partial charge in [0, 0.05) is 17.0 Å². The molecule has 5 heteroatoms. The van der Waals surface area contributed by atoms with Crippen LogP contribution in [0.25, 0.3) is 11.3 Å². The first-order valence-corrected chi connectivity index (χ1v) is 5.95. The molecule has 0 saturated heterocycles. The number of ether oxygens (including phenoxy) is 1. The Balaban J connectivity index is 2.39. The van der Waals surface area contributed by atoms with Gasteiger partial charge in [-0.2, -0.15) is 0 Å². The number of hydrogen-bond acceptors (Lipinski definition) is 2. The van der Waals surface area contributed by atoms with Crippen molar-refractivity contribution < 1.29 is 13.9 Å². The third-order valence-electron chi connectivity index (χ3n) is 2.82. The van der Waals surface area contributed by atoms with Gasteiger partial charge in [-0.3, -0.25) is 4.79 Å². The van der Waals surface area contributed by atoms with Crippen molar-refractivity contribution in [1.29, 1.82) is 0 Å². The Labute approximate surface area is 110 Å². The summed E-state index contributed by atoms with van der Waals surface area (Å²) >= 11 is 0. The Morgan fingerprint density at radius 2 is 2.16 bits per heavy atom. The van der Waals surface area contributed by atoms with Gasteiger partial charge in [0.05, 0.1) is 12.2 Å². The standard InChI is InChI=1S/C14H15FN2O2/c1-3-19-13-5-4-9(6-11(13)15)12-7-10(14(16)18)8(2)17-12/h4-7,17H,3H2,1-2H3,(H2,16,18). The highest BCUT2D eigenvalue weighted by atomic mass is 19.1. The quantitative estimate of drug-likeness (QED) is 0.889. The van der Waals surface area contributed by atoms with E-state index < -0.39 is 11.7 Å². The summed E-state index contributed by atoms with van der Waals surface area (Å²) in [7, 11) is 0. The molecule has 3 N–H and O–H groups in total. The molecule has 0 unspecified atom stereocenters. The molecule has 0 bridgehead atoms. The fraction of sp³-hybridized carbons (Fsp3) is 0.214. The summed E-state index contributed by atoms with van der Waals surface area (Å²) in [5.74, 6) is -0.733. The average Bonchev–Trinajstić information content (AvgIpc) is 2.74. The van der Waals surface area contributed by atoms with E-state index in [9.17, 15) is 9.18 Å².